The van der Waals surface area contributed by atoms with E-state index < -0.39 is 41.5 Å². The highest BCUT2D eigenvalue weighted by atomic mass is 16.7. The van der Waals surface area contributed by atoms with Crippen molar-refractivity contribution in [1.29, 1.82) is 0 Å². The molecule has 1 aliphatic carbocycles. The van der Waals surface area contributed by atoms with Gasteiger partial charge in [-0.05, 0) is 12.8 Å². The van der Waals surface area contributed by atoms with Crippen LogP contribution in [0.3, 0.4) is 0 Å². The highest BCUT2D eigenvalue weighted by Gasteiger charge is 2.76. The second-order valence-electron chi connectivity index (χ2n) is 7.82. The smallest absolute Gasteiger partial charge is 0.309 e. The summed E-state index contributed by atoms with van der Waals surface area (Å²) in [5, 5.41) is 11.5. The summed E-state index contributed by atoms with van der Waals surface area (Å²) in [5.74, 6) is -1.44. The number of aliphatic hydroxyl groups is 1. The number of carbonyl (C=O) groups excluding carboxylic acids is 2. The van der Waals surface area contributed by atoms with Crippen molar-refractivity contribution in [2.45, 2.75) is 64.1 Å². The van der Waals surface area contributed by atoms with Gasteiger partial charge in [-0.2, -0.15) is 0 Å². The first-order valence-corrected chi connectivity index (χ1v) is 9.38. The summed E-state index contributed by atoms with van der Waals surface area (Å²) in [6.07, 6.45) is 0.100. The Morgan fingerprint density at radius 1 is 1.37 bits per heavy atom. The first kappa shape index (κ1) is 20.1. The zero-order chi connectivity index (χ0) is 19.8. The molecule has 0 aromatic heterocycles. The lowest BCUT2D eigenvalue weighted by Gasteiger charge is -2.40. The van der Waals surface area contributed by atoms with Crippen molar-refractivity contribution in [2.75, 3.05) is 19.8 Å². The van der Waals surface area contributed by atoms with Crippen LogP contribution in [-0.2, 0) is 33.3 Å². The molecule has 0 bridgehead atoms. The third kappa shape index (κ3) is 3.70. The van der Waals surface area contributed by atoms with Crippen molar-refractivity contribution in [3.05, 3.63) is 11.8 Å². The van der Waals surface area contributed by atoms with Crippen molar-refractivity contribution >= 4 is 11.9 Å². The fraction of sp³-hybridized carbons (Fsp3) is 0.789. The van der Waals surface area contributed by atoms with Crippen LogP contribution in [0.5, 0.6) is 0 Å². The predicted molar refractivity (Wildman–Crippen MR) is 92.3 cm³/mol. The largest absolute Gasteiger partial charge is 0.462 e. The monoisotopic (exact) mass is 384 g/mol. The van der Waals surface area contributed by atoms with E-state index in [9.17, 15) is 14.7 Å². The molecule has 3 aliphatic rings. The molecule has 5 atom stereocenters. The molecule has 2 heterocycles. The molecule has 152 valence electrons. The Labute approximate surface area is 158 Å². The number of rotatable bonds is 7. The average Bonchev–Trinajstić information content (AvgIpc) is 3.28. The molecule has 0 amide bonds. The molecule has 0 aromatic rings. The van der Waals surface area contributed by atoms with Gasteiger partial charge in [-0.1, -0.05) is 13.8 Å². The Morgan fingerprint density at radius 3 is 2.63 bits per heavy atom. The molecule has 3 rings (SSSR count). The van der Waals surface area contributed by atoms with Gasteiger partial charge in [0, 0.05) is 31.9 Å². The van der Waals surface area contributed by atoms with E-state index in [0.717, 1.165) is 0 Å². The summed E-state index contributed by atoms with van der Waals surface area (Å²) in [6.45, 7) is 7.93. The van der Waals surface area contributed by atoms with Gasteiger partial charge in [-0.3, -0.25) is 9.59 Å². The topological polar surface area (TPSA) is 104 Å². The number of fused-ring (bicyclic) bond motifs is 2. The van der Waals surface area contributed by atoms with Gasteiger partial charge in [-0.15, -0.1) is 0 Å². The molecular weight excluding hydrogens is 356 g/mol. The molecule has 0 aromatic carbocycles. The lowest BCUT2D eigenvalue weighted by Crippen LogP contribution is -2.53. The van der Waals surface area contributed by atoms with Crippen LogP contribution in [0.2, 0.25) is 0 Å². The maximum atomic E-state index is 12.2. The van der Waals surface area contributed by atoms with Crippen molar-refractivity contribution in [3.63, 3.8) is 0 Å². The SMILES string of the molecule is CCOCC1=CO[C@@H](OC(=O)CC(C)C)[C@@H]2[C@@]3(CO3)[C@@H](OC(C)=O)C[C@@]12O. The van der Waals surface area contributed by atoms with Crippen LogP contribution in [0, 0.1) is 11.8 Å². The van der Waals surface area contributed by atoms with Crippen LogP contribution in [0.25, 0.3) is 0 Å². The molecule has 8 nitrogen and oxygen atoms in total. The van der Waals surface area contributed by atoms with Crippen LogP contribution in [0.15, 0.2) is 11.8 Å². The molecule has 0 radical (unpaired) electrons. The van der Waals surface area contributed by atoms with Crippen molar-refractivity contribution in [1.82, 2.24) is 0 Å². The minimum atomic E-state index is -1.41. The Balaban J connectivity index is 1.89. The minimum Gasteiger partial charge on any atom is -0.462 e. The quantitative estimate of drug-likeness (QED) is 0.517. The molecule has 0 unspecified atom stereocenters. The molecule has 1 saturated carbocycles. The first-order valence-electron chi connectivity index (χ1n) is 9.38. The molecule has 8 heteroatoms. The van der Waals surface area contributed by atoms with Gasteiger partial charge in [0.1, 0.15) is 23.2 Å². The summed E-state index contributed by atoms with van der Waals surface area (Å²) in [4.78, 5) is 23.7. The average molecular weight is 384 g/mol. The number of hydrogen-bond acceptors (Lipinski definition) is 8. The Morgan fingerprint density at radius 2 is 2.07 bits per heavy atom. The van der Waals surface area contributed by atoms with Crippen LogP contribution in [-0.4, -0.2) is 60.5 Å². The summed E-state index contributed by atoms with van der Waals surface area (Å²) in [7, 11) is 0. The van der Waals surface area contributed by atoms with Crippen molar-refractivity contribution in [3.8, 4) is 0 Å². The van der Waals surface area contributed by atoms with Crippen molar-refractivity contribution in [2.24, 2.45) is 11.8 Å². The molecule has 27 heavy (non-hydrogen) atoms. The molecule has 1 N–H and O–H groups in total. The van der Waals surface area contributed by atoms with E-state index in [-0.39, 0.29) is 25.4 Å². The van der Waals surface area contributed by atoms with Crippen LogP contribution < -0.4 is 0 Å². The third-order valence-corrected chi connectivity index (χ3v) is 5.33. The Kier molecular flexibility index (Phi) is 5.52. The summed E-state index contributed by atoms with van der Waals surface area (Å²) in [6, 6.07) is 0. The second kappa shape index (κ2) is 7.41. The predicted octanol–water partition coefficient (Wildman–Crippen LogP) is 1.30. The van der Waals surface area contributed by atoms with Gasteiger partial charge in [0.05, 0.1) is 19.5 Å². The number of ether oxygens (including phenoxy) is 5. The van der Waals surface area contributed by atoms with Gasteiger partial charge in [0.2, 0.25) is 0 Å². The van der Waals surface area contributed by atoms with E-state index in [1.807, 2.05) is 20.8 Å². The zero-order valence-electron chi connectivity index (χ0n) is 16.2. The number of esters is 2. The third-order valence-electron chi connectivity index (χ3n) is 5.33. The standard InChI is InChI=1S/C19H28O8/c1-5-23-8-13-9-24-17(27-15(21)6-11(2)3)16-18(13,22)7-14(26-12(4)20)19(16)10-25-19/h9,11,14,16-17,22H,5-8,10H2,1-4H3/t14-,16-,17-,18+,19+/m0/s1. The zero-order valence-corrected chi connectivity index (χ0v) is 16.2. The molecule has 2 aliphatic heterocycles. The fourth-order valence-electron chi connectivity index (χ4n) is 4.07. The normalized spacial score (nSPS) is 36.8. The number of carbonyl (C=O) groups is 2. The molecular formula is C19H28O8. The Hall–Kier alpha value is -1.64. The molecule has 1 spiro atoms. The molecule has 2 fully saturated rings. The molecule has 1 saturated heterocycles. The lowest BCUT2D eigenvalue weighted by atomic mass is 9.79. The fourth-order valence-corrected chi connectivity index (χ4v) is 4.07. The van der Waals surface area contributed by atoms with E-state index in [1.54, 1.807) is 0 Å². The van der Waals surface area contributed by atoms with E-state index in [1.165, 1.54) is 13.2 Å². The van der Waals surface area contributed by atoms with Crippen LogP contribution in [0.4, 0.5) is 0 Å². The van der Waals surface area contributed by atoms with E-state index >= 15 is 0 Å². The van der Waals surface area contributed by atoms with Gasteiger partial charge in [-0.25, -0.2) is 0 Å². The maximum Gasteiger partial charge on any atom is 0.309 e. The van der Waals surface area contributed by atoms with Crippen LogP contribution >= 0.6 is 0 Å². The van der Waals surface area contributed by atoms with Crippen molar-refractivity contribution < 1.29 is 38.4 Å². The number of hydrogen-bond donors (Lipinski definition) is 1. The maximum absolute atomic E-state index is 12.2. The van der Waals surface area contributed by atoms with Gasteiger partial charge in [0.25, 0.3) is 6.29 Å². The first-order chi connectivity index (χ1) is 12.7. The minimum absolute atomic E-state index is 0.132. The van der Waals surface area contributed by atoms with E-state index in [2.05, 4.69) is 0 Å². The van der Waals surface area contributed by atoms with Gasteiger partial charge < -0.3 is 28.8 Å². The van der Waals surface area contributed by atoms with E-state index in [4.69, 9.17) is 23.7 Å². The number of epoxide rings is 1. The van der Waals surface area contributed by atoms with Crippen LogP contribution in [0.1, 0.15) is 40.5 Å². The second-order valence-corrected chi connectivity index (χ2v) is 7.82. The highest BCUT2D eigenvalue weighted by Crippen LogP contribution is 2.59. The van der Waals surface area contributed by atoms with E-state index in [0.29, 0.717) is 18.8 Å². The highest BCUT2D eigenvalue weighted by molar-refractivity contribution is 5.70. The lowest BCUT2D eigenvalue weighted by molar-refractivity contribution is -0.208. The van der Waals surface area contributed by atoms with Gasteiger partial charge in [0.15, 0.2) is 0 Å². The Bertz CT molecular complexity index is 623. The summed E-state index contributed by atoms with van der Waals surface area (Å²) < 4.78 is 27.8. The summed E-state index contributed by atoms with van der Waals surface area (Å²) in [5.41, 5.74) is -1.81. The van der Waals surface area contributed by atoms with Gasteiger partial charge >= 0.3 is 11.9 Å². The summed E-state index contributed by atoms with van der Waals surface area (Å²) >= 11 is 0.